The fourth-order valence-electron chi connectivity index (χ4n) is 3.14. The molecule has 2 rings (SSSR count). The van der Waals surface area contributed by atoms with Crippen LogP contribution in [0.15, 0.2) is 24.3 Å². The molecule has 2 unspecified atom stereocenters. The highest BCUT2D eigenvalue weighted by molar-refractivity contribution is 5.88. The summed E-state index contributed by atoms with van der Waals surface area (Å²) in [5.41, 5.74) is 7.97. The Balaban J connectivity index is 2.14. The van der Waals surface area contributed by atoms with Crippen molar-refractivity contribution < 1.29 is 9.59 Å². The molecule has 5 nitrogen and oxygen atoms in total. The van der Waals surface area contributed by atoms with Crippen LogP contribution in [0.4, 0.5) is 5.69 Å². The van der Waals surface area contributed by atoms with Crippen molar-refractivity contribution in [3.63, 3.8) is 0 Å². The average Bonchev–Trinajstić information content (AvgIpc) is 2.45. The lowest BCUT2D eigenvalue weighted by atomic mass is 9.89. The zero-order valence-electron chi connectivity index (χ0n) is 13.3. The molecular formula is C17H25N3O2. The van der Waals surface area contributed by atoms with Gasteiger partial charge in [-0.05, 0) is 30.5 Å². The molecule has 5 heteroatoms. The fourth-order valence-corrected chi connectivity index (χ4v) is 3.14. The highest BCUT2D eigenvalue weighted by atomic mass is 16.2. The second-order valence-corrected chi connectivity index (χ2v) is 6.04. The van der Waals surface area contributed by atoms with Crippen LogP contribution in [0.1, 0.15) is 45.1 Å². The standard InChI is InChI=1S/C17H25N3O2/c1-12(21)19-15-7-5-6-14(10-15)11-20(13(2)22)17-9-4-3-8-16(17)18/h5-7,10,16-17H,3-4,8-9,11,18H2,1-2H3,(H,19,21). The second-order valence-electron chi connectivity index (χ2n) is 6.04. The van der Waals surface area contributed by atoms with E-state index >= 15 is 0 Å². The monoisotopic (exact) mass is 303 g/mol. The Morgan fingerprint density at radius 2 is 2.00 bits per heavy atom. The molecule has 0 aliphatic heterocycles. The summed E-state index contributed by atoms with van der Waals surface area (Å²) in [4.78, 5) is 25.1. The molecule has 2 atom stereocenters. The van der Waals surface area contributed by atoms with E-state index in [1.165, 1.54) is 6.92 Å². The molecule has 1 aromatic carbocycles. The van der Waals surface area contributed by atoms with Gasteiger partial charge in [0, 0.05) is 38.2 Å². The Kier molecular flexibility index (Phi) is 5.55. The van der Waals surface area contributed by atoms with Gasteiger partial charge in [0.2, 0.25) is 11.8 Å². The van der Waals surface area contributed by atoms with Crippen molar-refractivity contribution in [3.05, 3.63) is 29.8 Å². The molecule has 1 aliphatic rings. The molecule has 0 spiro atoms. The molecule has 3 N–H and O–H groups in total. The third-order valence-electron chi connectivity index (χ3n) is 4.19. The molecule has 0 radical (unpaired) electrons. The van der Waals surface area contributed by atoms with Crippen molar-refractivity contribution in [2.75, 3.05) is 5.32 Å². The predicted octanol–water partition coefficient (Wildman–Crippen LogP) is 2.26. The summed E-state index contributed by atoms with van der Waals surface area (Å²) in [6.45, 7) is 3.61. The smallest absolute Gasteiger partial charge is 0.221 e. The van der Waals surface area contributed by atoms with Gasteiger partial charge < -0.3 is 16.0 Å². The number of nitrogens with two attached hydrogens (primary N) is 1. The Hall–Kier alpha value is -1.88. The van der Waals surface area contributed by atoms with Crippen LogP contribution in [0.3, 0.4) is 0 Å². The van der Waals surface area contributed by atoms with E-state index in [4.69, 9.17) is 5.73 Å². The first kappa shape index (κ1) is 16.5. The van der Waals surface area contributed by atoms with Crippen molar-refractivity contribution in [1.29, 1.82) is 0 Å². The number of carbonyl (C=O) groups is 2. The number of amides is 2. The first-order chi connectivity index (χ1) is 10.5. The largest absolute Gasteiger partial charge is 0.334 e. The van der Waals surface area contributed by atoms with Crippen LogP contribution in [-0.2, 0) is 16.1 Å². The number of carbonyl (C=O) groups excluding carboxylic acids is 2. The number of hydrogen-bond donors (Lipinski definition) is 2. The lowest BCUT2D eigenvalue weighted by molar-refractivity contribution is -0.133. The Labute approximate surface area is 131 Å². The summed E-state index contributed by atoms with van der Waals surface area (Å²) >= 11 is 0. The highest BCUT2D eigenvalue weighted by Crippen LogP contribution is 2.24. The van der Waals surface area contributed by atoms with Crippen LogP contribution >= 0.6 is 0 Å². The minimum atomic E-state index is -0.102. The SMILES string of the molecule is CC(=O)Nc1cccc(CN(C(C)=O)C2CCCCC2N)c1. The molecule has 22 heavy (non-hydrogen) atoms. The number of hydrogen-bond acceptors (Lipinski definition) is 3. The summed E-state index contributed by atoms with van der Waals surface area (Å²) < 4.78 is 0. The van der Waals surface area contributed by atoms with Crippen molar-refractivity contribution in [2.24, 2.45) is 5.73 Å². The first-order valence-electron chi connectivity index (χ1n) is 7.86. The van der Waals surface area contributed by atoms with Crippen molar-refractivity contribution in [3.8, 4) is 0 Å². The Bertz CT molecular complexity index is 544. The summed E-state index contributed by atoms with van der Waals surface area (Å²) in [7, 11) is 0. The van der Waals surface area contributed by atoms with Gasteiger partial charge in [-0.1, -0.05) is 25.0 Å². The quantitative estimate of drug-likeness (QED) is 0.896. The van der Waals surface area contributed by atoms with E-state index in [2.05, 4.69) is 5.32 Å². The molecule has 0 heterocycles. The van der Waals surface area contributed by atoms with Gasteiger partial charge in [-0.3, -0.25) is 9.59 Å². The van der Waals surface area contributed by atoms with Gasteiger partial charge in [-0.15, -0.1) is 0 Å². The van der Waals surface area contributed by atoms with E-state index in [-0.39, 0.29) is 23.9 Å². The van der Waals surface area contributed by atoms with Gasteiger partial charge >= 0.3 is 0 Å². The summed E-state index contributed by atoms with van der Waals surface area (Å²) in [6.07, 6.45) is 4.20. The minimum Gasteiger partial charge on any atom is -0.334 e. The van der Waals surface area contributed by atoms with Crippen molar-refractivity contribution in [2.45, 2.75) is 58.2 Å². The van der Waals surface area contributed by atoms with Crippen LogP contribution in [0.2, 0.25) is 0 Å². The number of rotatable bonds is 4. The second kappa shape index (κ2) is 7.40. The molecule has 1 saturated carbocycles. The van der Waals surface area contributed by atoms with Crippen LogP contribution in [0, 0.1) is 0 Å². The third-order valence-corrected chi connectivity index (χ3v) is 4.19. The van der Waals surface area contributed by atoms with Gasteiger partial charge in [0.15, 0.2) is 0 Å². The molecule has 120 valence electrons. The van der Waals surface area contributed by atoms with Crippen LogP contribution in [0.25, 0.3) is 0 Å². The molecule has 1 aliphatic carbocycles. The van der Waals surface area contributed by atoms with E-state index in [0.717, 1.165) is 36.9 Å². The van der Waals surface area contributed by atoms with E-state index in [0.29, 0.717) is 6.54 Å². The van der Waals surface area contributed by atoms with Crippen molar-refractivity contribution in [1.82, 2.24) is 4.90 Å². The molecule has 0 bridgehead atoms. The summed E-state index contributed by atoms with van der Waals surface area (Å²) in [5.74, 6) is -0.0536. The average molecular weight is 303 g/mol. The molecule has 1 fully saturated rings. The maximum absolute atomic E-state index is 12.1. The Morgan fingerprint density at radius 3 is 2.64 bits per heavy atom. The van der Waals surface area contributed by atoms with Crippen molar-refractivity contribution >= 4 is 17.5 Å². The minimum absolute atomic E-state index is 0.0484. The van der Waals surface area contributed by atoms with Gasteiger partial charge in [0.1, 0.15) is 0 Å². The number of anilines is 1. The lowest BCUT2D eigenvalue weighted by Gasteiger charge is -2.38. The van der Waals surface area contributed by atoms with Gasteiger partial charge in [-0.25, -0.2) is 0 Å². The van der Waals surface area contributed by atoms with Crippen LogP contribution < -0.4 is 11.1 Å². The summed E-state index contributed by atoms with van der Waals surface area (Å²) in [5, 5.41) is 2.77. The summed E-state index contributed by atoms with van der Waals surface area (Å²) in [6, 6.07) is 7.77. The molecule has 1 aromatic rings. The maximum atomic E-state index is 12.1. The maximum Gasteiger partial charge on any atom is 0.221 e. The molecule has 0 saturated heterocycles. The van der Waals surface area contributed by atoms with E-state index in [1.807, 2.05) is 29.2 Å². The Morgan fingerprint density at radius 1 is 1.27 bits per heavy atom. The van der Waals surface area contributed by atoms with Gasteiger partial charge in [0.25, 0.3) is 0 Å². The molecule has 2 amide bonds. The van der Waals surface area contributed by atoms with Gasteiger partial charge in [0.05, 0.1) is 0 Å². The van der Waals surface area contributed by atoms with E-state index < -0.39 is 0 Å². The number of nitrogens with zero attached hydrogens (tertiary/aromatic N) is 1. The molecular weight excluding hydrogens is 278 g/mol. The zero-order valence-corrected chi connectivity index (χ0v) is 13.3. The number of nitrogens with one attached hydrogen (secondary N) is 1. The van der Waals surface area contributed by atoms with E-state index in [9.17, 15) is 9.59 Å². The normalized spacial score (nSPS) is 21.2. The van der Waals surface area contributed by atoms with Crippen LogP contribution in [0.5, 0.6) is 0 Å². The first-order valence-corrected chi connectivity index (χ1v) is 7.86. The lowest BCUT2D eigenvalue weighted by Crippen LogP contribution is -2.50. The fraction of sp³-hybridized carbons (Fsp3) is 0.529. The molecule has 0 aromatic heterocycles. The van der Waals surface area contributed by atoms with E-state index in [1.54, 1.807) is 6.92 Å². The van der Waals surface area contributed by atoms with Gasteiger partial charge in [-0.2, -0.15) is 0 Å². The zero-order chi connectivity index (χ0) is 16.1. The predicted molar refractivity (Wildman–Crippen MR) is 87.2 cm³/mol. The number of benzene rings is 1. The third kappa shape index (κ3) is 4.31. The topological polar surface area (TPSA) is 75.4 Å². The highest BCUT2D eigenvalue weighted by Gasteiger charge is 2.29. The van der Waals surface area contributed by atoms with Crippen LogP contribution in [-0.4, -0.2) is 28.8 Å².